The molecular weight excluding hydrogens is 442 g/mol. The van der Waals surface area contributed by atoms with Crippen LogP contribution in [0.3, 0.4) is 0 Å². The summed E-state index contributed by atoms with van der Waals surface area (Å²) in [6, 6.07) is 29.0. The van der Waals surface area contributed by atoms with Crippen molar-refractivity contribution in [2.24, 2.45) is 0 Å². The smallest absolute Gasteiger partial charge is 0.264 e. The lowest BCUT2D eigenvalue weighted by atomic mass is 10.1. The van der Waals surface area contributed by atoms with Gasteiger partial charge in [0.2, 0.25) is 5.91 Å². The van der Waals surface area contributed by atoms with Crippen LogP contribution >= 0.6 is 11.8 Å². The fourth-order valence-electron chi connectivity index (χ4n) is 3.79. The molecular formula is C28H25N3O2S. The van der Waals surface area contributed by atoms with Crippen molar-refractivity contribution >= 4 is 29.3 Å². The molecule has 0 aromatic heterocycles. The zero-order valence-corrected chi connectivity index (χ0v) is 19.7. The molecule has 0 saturated carbocycles. The number of thioether (sulfide) groups is 1. The lowest BCUT2D eigenvalue weighted by Crippen LogP contribution is -2.32. The Hall–Kier alpha value is -3.82. The predicted molar refractivity (Wildman–Crippen MR) is 136 cm³/mol. The third-order valence-electron chi connectivity index (χ3n) is 5.67. The van der Waals surface area contributed by atoms with Crippen LogP contribution in [0.2, 0.25) is 0 Å². The highest BCUT2D eigenvalue weighted by Gasteiger charge is 2.40. The Morgan fingerprint density at radius 1 is 0.941 bits per heavy atom. The van der Waals surface area contributed by atoms with E-state index in [2.05, 4.69) is 30.4 Å². The van der Waals surface area contributed by atoms with E-state index in [1.165, 1.54) is 22.2 Å². The lowest BCUT2D eigenvalue weighted by molar-refractivity contribution is -0.117. The minimum absolute atomic E-state index is 0.0537. The molecule has 1 atom stereocenters. The third-order valence-corrected chi connectivity index (χ3v) is 6.93. The summed E-state index contributed by atoms with van der Waals surface area (Å²) in [5.74, 6) is -0.620. The minimum Gasteiger partial charge on any atom is -0.347 e. The molecule has 0 aliphatic carbocycles. The second-order valence-electron chi connectivity index (χ2n) is 7.95. The minimum atomic E-state index is -0.490. The highest BCUT2D eigenvalue weighted by Crippen LogP contribution is 2.41. The van der Waals surface area contributed by atoms with E-state index in [4.69, 9.17) is 0 Å². The molecule has 1 fully saturated rings. The van der Waals surface area contributed by atoms with Crippen molar-refractivity contribution in [3.63, 3.8) is 0 Å². The topological polar surface area (TPSA) is 73.2 Å². The molecule has 1 unspecified atom stereocenters. The first-order chi connectivity index (χ1) is 16.6. The number of nitrogens with zero attached hydrogens (tertiary/aromatic N) is 2. The summed E-state index contributed by atoms with van der Waals surface area (Å²) in [7, 11) is 0. The van der Waals surface area contributed by atoms with Gasteiger partial charge in [-0.25, -0.2) is 0 Å². The van der Waals surface area contributed by atoms with Crippen molar-refractivity contribution in [2.45, 2.75) is 31.6 Å². The van der Waals surface area contributed by atoms with Gasteiger partial charge in [-0.2, -0.15) is 5.26 Å². The molecule has 6 heteroatoms. The highest BCUT2D eigenvalue weighted by molar-refractivity contribution is 8.05. The summed E-state index contributed by atoms with van der Waals surface area (Å²) in [6.07, 6.45) is 1.47. The number of aryl methyl sites for hydroxylation is 1. The van der Waals surface area contributed by atoms with E-state index in [1.807, 2.05) is 72.8 Å². The van der Waals surface area contributed by atoms with Gasteiger partial charge in [-0.3, -0.25) is 14.5 Å². The molecule has 3 aromatic rings. The van der Waals surface area contributed by atoms with Gasteiger partial charge in [-0.05, 0) is 41.7 Å². The number of nitrogens with one attached hydrogen (secondary N) is 1. The van der Waals surface area contributed by atoms with Crippen LogP contribution in [0.4, 0.5) is 5.69 Å². The van der Waals surface area contributed by atoms with Crippen LogP contribution in [0.15, 0.2) is 95.5 Å². The summed E-state index contributed by atoms with van der Waals surface area (Å²) in [5.41, 5.74) is 3.80. The lowest BCUT2D eigenvalue weighted by Gasteiger charge is -2.18. The Balaban J connectivity index is 1.63. The van der Waals surface area contributed by atoms with Crippen molar-refractivity contribution in [2.75, 3.05) is 4.90 Å². The van der Waals surface area contributed by atoms with Crippen molar-refractivity contribution in [3.8, 4) is 6.07 Å². The largest absolute Gasteiger partial charge is 0.347 e. The Labute approximate surface area is 204 Å². The van der Waals surface area contributed by atoms with E-state index in [0.29, 0.717) is 23.7 Å². The van der Waals surface area contributed by atoms with E-state index >= 15 is 0 Å². The molecule has 0 radical (unpaired) electrons. The van der Waals surface area contributed by atoms with E-state index in [0.717, 1.165) is 17.5 Å². The average Bonchev–Trinajstić information content (AvgIpc) is 3.20. The third kappa shape index (κ3) is 5.22. The Bertz CT molecular complexity index is 1230. The summed E-state index contributed by atoms with van der Waals surface area (Å²) >= 11 is 1.28. The summed E-state index contributed by atoms with van der Waals surface area (Å²) in [5, 5.41) is 12.7. The molecule has 4 rings (SSSR count). The number of hydrogen-bond acceptors (Lipinski definition) is 4. The first-order valence-corrected chi connectivity index (χ1v) is 12.1. The number of carbonyl (C=O) groups is 2. The van der Waals surface area contributed by atoms with Crippen LogP contribution in [-0.4, -0.2) is 17.1 Å². The molecule has 1 N–H and O–H groups in total. The first-order valence-electron chi connectivity index (χ1n) is 11.2. The molecule has 1 heterocycles. The molecule has 2 amide bonds. The van der Waals surface area contributed by atoms with Crippen LogP contribution < -0.4 is 10.2 Å². The fourth-order valence-corrected chi connectivity index (χ4v) is 5.10. The van der Waals surface area contributed by atoms with Gasteiger partial charge in [0.05, 0.1) is 5.25 Å². The summed E-state index contributed by atoms with van der Waals surface area (Å²) in [4.78, 5) is 28.0. The Morgan fingerprint density at radius 2 is 1.56 bits per heavy atom. The maximum absolute atomic E-state index is 13.5. The number of para-hydroxylation sites is 1. The number of rotatable bonds is 7. The van der Waals surface area contributed by atoms with Crippen LogP contribution in [0.5, 0.6) is 0 Å². The number of anilines is 1. The number of nitriles is 1. The van der Waals surface area contributed by atoms with Crippen LogP contribution in [0, 0.1) is 11.3 Å². The number of benzene rings is 3. The predicted octanol–water partition coefficient (Wildman–Crippen LogP) is 4.99. The van der Waals surface area contributed by atoms with E-state index < -0.39 is 11.2 Å². The van der Waals surface area contributed by atoms with Crippen LogP contribution in [0.25, 0.3) is 0 Å². The normalized spacial score (nSPS) is 16.8. The molecule has 0 spiro atoms. The SMILES string of the molecule is CCc1ccc(CC2S/C(=C(\C#N)C(=O)NCc3ccccc3)N(c3ccccc3)C2=O)cc1. The van der Waals surface area contributed by atoms with Crippen molar-refractivity contribution in [3.05, 3.63) is 112 Å². The molecule has 170 valence electrons. The van der Waals surface area contributed by atoms with Crippen molar-refractivity contribution in [1.29, 1.82) is 5.26 Å². The van der Waals surface area contributed by atoms with Gasteiger partial charge in [-0.15, -0.1) is 0 Å². The number of amides is 2. The average molecular weight is 468 g/mol. The molecule has 34 heavy (non-hydrogen) atoms. The first kappa shape index (κ1) is 23.3. The number of hydrogen-bond donors (Lipinski definition) is 1. The van der Waals surface area contributed by atoms with E-state index in [-0.39, 0.29) is 11.5 Å². The van der Waals surface area contributed by atoms with Gasteiger partial charge in [0.15, 0.2) is 0 Å². The maximum Gasteiger partial charge on any atom is 0.264 e. The Morgan fingerprint density at radius 3 is 2.18 bits per heavy atom. The maximum atomic E-state index is 13.5. The molecule has 3 aromatic carbocycles. The molecule has 1 aliphatic heterocycles. The highest BCUT2D eigenvalue weighted by atomic mass is 32.2. The zero-order valence-electron chi connectivity index (χ0n) is 18.9. The van der Waals surface area contributed by atoms with Crippen molar-refractivity contribution in [1.82, 2.24) is 5.32 Å². The van der Waals surface area contributed by atoms with Gasteiger partial charge < -0.3 is 5.32 Å². The second-order valence-corrected chi connectivity index (χ2v) is 9.14. The molecule has 5 nitrogen and oxygen atoms in total. The molecule has 1 saturated heterocycles. The van der Waals surface area contributed by atoms with Crippen LogP contribution in [0.1, 0.15) is 23.6 Å². The van der Waals surface area contributed by atoms with Gasteiger partial charge in [-0.1, -0.05) is 91.5 Å². The van der Waals surface area contributed by atoms with E-state index in [9.17, 15) is 14.9 Å². The van der Waals surface area contributed by atoms with Gasteiger partial charge in [0, 0.05) is 12.2 Å². The monoisotopic (exact) mass is 467 g/mol. The van der Waals surface area contributed by atoms with Gasteiger partial charge >= 0.3 is 0 Å². The van der Waals surface area contributed by atoms with Crippen LogP contribution in [-0.2, 0) is 29.0 Å². The summed E-state index contributed by atoms with van der Waals surface area (Å²) < 4.78 is 0. The quantitative estimate of drug-likeness (QED) is 0.392. The second kappa shape index (κ2) is 10.9. The van der Waals surface area contributed by atoms with Crippen molar-refractivity contribution < 1.29 is 9.59 Å². The zero-order chi connectivity index (χ0) is 23.9. The molecule has 1 aliphatic rings. The summed E-state index contributed by atoms with van der Waals surface area (Å²) in [6.45, 7) is 2.40. The standard InChI is InChI=1S/C28H25N3O2S/c1-2-20-13-15-21(16-14-20)17-25-27(33)31(23-11-7-4-8-12-23)28(34-25)24(18-29)26(32)30-19-22-9-5-3-6-10-22/h3-16,25H,2,17,19H2,1H3,(H,30,32)/b28-24+. The van der Waals surface area contributed by atoms with E-state index in [1.54, 1.807) is 0 Å². The fraction of sp³-hybridized carbons (Fsp3) is 0.179. The van der Waals surface area contributed by atoms with Gasteiger partial charge in [0.1, 0.15) is 16.7 Å². The Kier molecular flexibility index (Phi) is 7.46. The number of carbonyl (C=O) groups excluding carboxylic acids is 2. The van der Waals surface area contributed by atoms with Gasteiger partial charge in [0.25, 0.3) is 5.91 Å². The molecule has 0 bridgehead atoms.